The number of amides is 1. The fourth-order valence-corrected chi connectivity index (χ4v) is 2.84. The van der Waals surface area contributed by atoms with Crippen LogP contribution in [0.15, 0.2) is 42.6 Å². The van der Waals surface area contributed by atoms with Gasteiger partial charge in [0.15, 0.2) is 11.5 Å². The Morgan fingerprint density at radius 2 is 2.17 bits per heavy atom. The topological polar surface area (TPSA) is 75.1 Å². The normalized spacial score (nSPS) is 11.2. The van der Waals surface area contributed by atoms with Crippen LogP contribution in [-0.4, -0.2) is 25.5 Å². The number of rotatable bonds is 3. The van der Waals surface area contributed by atoms with Crippen molar-refractivity contribution in [2.24, 2.45) is 0 Å². The van der Waals surface area contributed by atoms with E-state index in [-0.39, 0.29) is 17.3 Å². The van der Waals surface area contributed by atoms with E-state index in [0.717, 1.165) is 0 Å². The molecule has 0 saturated heterocycles. The fourth-order valence-electron chi connectivity index (χ4n) is 2.55. The van der Waals surface area contributed by atoms with Crippen LogP contribution in [0.25, 0.3) is 16.6 Å². The summed E-state index contributed by atoms with van der Waals surface area (Å²) in [5, 5.41) is 11.5. The van der Waals surface area contributed by atoms with E-state index in [9.17, 15) is 9.18 Å². The van der Waals surface area contributed by atoms with Crippen LogP contribution in [-0.2, 0) is 6.54 Å². The van der Waals surface area contributed by atoms with E-state index in [1.807, 2.05) is 24.4 Å². The molecular formula is C16H11ClFN5O. The zero-order valence-electron chi connectivity index (χ0n) is 12.3. The lowest BCUT2D eigenvalue weighted by Gasteiger charge is -2.03. The molecule has 0 aliphatic heterocycles. The molecule has 0 saturated carbocycles. The standard InChI is InChI=1S/C16H11ClFN5O/c17-14-10-7-9(18)4-5-11(10)20-15(14)16(24)19-8-13-22-21-12-3-1-2-6-23(12)13/h1-7,20H,8H2,(H,19,24). The number of aromatic amines is 1. The van der Waals surface area contributed by atoms with Gasteiger partial charge in [-0.25, -0.2) is 4.39 Å². The smallest absolute Gasteiger partial charge is 0.269 e. The number of halogens is 2. The molecule has 4 aromatic rings. The summed E-state index contributed by atoms with van der Waals surface area (Å²) in [4.78, 5) is 15.3. The summed E-state index contributed by atoms with van der Waals surface area (Å²) in [7, 11) is 0. The molecule has 0 atom stereocenters. The van der Waals surface area contributed by atoms with Gasteiger partial charge in [-0.3, -0.25) is 9.20 Å². The van der Waals surface area contributed by atoms with Gasteiger partial charge in [-0.2, -0.15) is 0 Å². The highest BCUT2D eigenvalue weighted by atomic mass is 35.5. The zero-order chi connectivity index (χ0) is 16.7. The van der Waals surface area contributed by atoms with Gasteiger partial charge in [0.2, 0.25) is 0 Å². The summed E-state index contributed by atoms with van der Waals surface area (Å²) in [6, 6.07) is 9.66. The Morgan fingerprint density at radius 1 is 1.29 bits per heavy atom. The Bertz CT molecular complexity index is 1070. The molecule has 1 amide bonds. The summed E-state index contributed by atoms with van der Waals surface area (Å²) in [5.41, 5.74) is 1.48. The minimum Gasteiger partial charge on any atom is -0.349 e. The van der Waals surface area contributed by atoms with Crippen molar-refractivity contribution in [3.63, 3.8) is 0 Å². The van der Waals surface area contributed by atoms with E-state index in [1.165, 1.54) is 12.1 Å². The van der Waals surface area contributed by atoms with Gasteiger partial charge in [0, 0.05) is 17.1 Å². The van der Waals surface area contributed by atoms with Crippen molar-refractivity contribution in [1.82, 2.24) is 24.9 Å². The van der Waals surface area contributed by atoms with Crippen LogP contribution < -0.4 is 5.32 Å². The number of benzene rings is 1. The number of carbonyl (C=O) groups excluding carboxylic acids is 1. The third-order valence-electron chi connectivity index (χ3n) is 3.72. The predicted octanol–water partition coefficient (Wildman–Crippen LogP) is 2.93. The largest absolute Gasteiger partial charge is 0.349 e. The minimum atomic E-state index is -0.412. The predicted molar refractivity (Wildman–Crippen MR) is 87.4 cm³/mol. The number of nitrogens with zero attached hydrogens (tertiary/aromatic N) is 3. The number of carbonyl (C=O) groups is 1. The summed E-state index contributed by atoms with van der Waals surface area (Å²) in [6.07, 6.45) is 1.81. The van der Waals surface area contributed by atoms with E-state index in [0.29, 0.717) is 22.4 Å². The number of fused-ring (bicyclic) bond motifs is 2. The highest BCUT2D eigenvalue weighted by molar-refractivity contribution is 6.38. The van der Waals surface area contributed by atoms with E-state index < -0.39 is 11.7 Å². The average molecular weight is 344 g/mol. The van der Waals surface area contributed by atoms with Crippen molar-refractivity contribution >= 4 is 34.1 Å². The van der Waals surface area contributed by atoms with Crippen LogP contribution in [0, 0.1) is 5.82 Å². The number of hydrogen-bond acceptors (Lipinski definition) is 3. The molecule has 8 heteroatoms. The van der Waals surface area contributed by atoms with Crippen LogP contribution in [0.1, 0.15) is 16.3 Å². The molecule has 120 valence electrons. The Morgan fingerprint density at radius 3 is 3.04 bits per heavy atom. The van der Waals surface area contributed by atoms with Gasteiger partial charge in [0.25, 0.3) is 5.91 Å². The third-order valence-corrected chi connectivity index (χ3v) is 4.11. The second-order valence-electron chi connectivity index (χ2n) is 5.23. The quantitative estimate of drug-likeness (QED) is 0.600. The van der Waals surface area contributed by atoms with E-state index in [2.05, 4.69) is 20.5 Å². The van der Waals surface area contributed by atoms with Gasteiger partial charge in [0.05, 0.1) is 11.6 Å². The third kappa shape index (κ3) is 2.39. The van der Waals surface area contributed by atoms with Gasteiger partial charge >= 0.3 is 0 Å². The second kappa shape index (κ2) is 5.61. The molecule has 6 nitrogen and oxygen atoms in total. The molecule has 1 aromatic carbocycles. The SMILES string of the molecule is O=C(NCc1nnc2ccccn12)c1[nH]c2ccc(F)cc2c1Cl. The molecular weight excluding hydrogens is 333 g/mol. The van der Waals surface area contributed by atoms with Crippen LogP contribution >= 0.6 is 11.6 Å². The first-order valence-electron chi connectivity index (χ1n) is 7.17. The Balaban J connectivity index is 1.59. The second-order valence-corrected chi connectivity index (χ2v) is 5.61. The molecule has 2 N–H and O–H groups in total. The van der Waals surface area contributed by atoms with Crippen molar-refractivity contribution in [2.45, 2.75) is 6.54 Å². The lowest BCUT2D eigenvalue weighted by Crippen LogP contribution is -2.24. The average Bonchev–Trinajstić information content (AvgIpc) is 3.14. The van der Waals surface area contributed by atoms with Gasteiger partial charge < -0.3 is 10.3 Å². The number of pyridine rings is 1. The Labute approximate surface area is 140 Å². The van der Waals surface area contributed by atoms with Gasteiger partial charge in [0.1, 0.15) is 11.5 Å². The highest BCUT2D eigenvalue weighted by Crippen LogP contribution is 2.28. The Hall–Kier alpha value is -2.93. The number of aromatic nitrogens is 4. The first-order chi connectivity index (χ1) is 11.6. The van der Waals surface area contributed by atoms with Crippen molar-refractivity contribution in [3.05, 3.63) is 65.0 Å². The van der Waals surface area contributed by atoms with E-state index in [1.54, 1.807) is 10.5 Å². The molecule has 0 radical (unpaired) electrons. The Kier molecular flexibility index (Phi) is 3.42. The summed E-state index contributed by atoms with van der Waals surface area (Å²) in [6.45, 7) is 0.185. The summed E-state index contributed by atoms with van der Waals surface area (Å²) >= 11 is 6.19. The van der Waals surface area contributed by atoms with Crippen LogP contribution in [0.5, 0.6) is 0 Å². The minimum absolute atomic E-state index is 0.185. The summed E-state index contributed by atoms with van der Waals surface area (Å²) in [5.74, 6) is -0.216. The molecule has 0 bridgehead atoms. The first-order valence-corrected chi connectivity index (χ1v) is 7.55. The summed E-state index contributed by atoms with van der Waals surface area (Å²) < 4.78 is 15.1. The number of H-pyrrole nitrogens is 1. The number of hydrogen-bond donors (Lipinski definition) is 2. The molecule has 0 unspecified atom stereocenters. The monoisotopic (exact) mass is 343 g/mol. The van der Waals surface area contributed by atoms with Crippen molar-refractivity contribution in [3.8, 4) is 0 Å². The molecule has 24 heavy (non-hydrogen) atoms. The van der Waals surface area contributed by atoms with Crippen LogP contribution in [0.3, 0.4) is 0 Å². The van der Waals surface area contributed by atoms with Crippen molar-refractivity contribution < 1.29 is 9.18 Å². The molecule has 3 aromatic heterocycles. The molecule has 0 spiro atoms. The molecule has 0 aliphatic rings. The lowest BCUT2D eigenvalue weighted by molar-refractivity contribution is 0.0946. The maximum absolute atomic E-state index is 13.3. The van der Waals surface area contributed by atoms with Gasteiger partial charge in [-0.15, -0.1) is 10.2 Å². The molecule has 0 aliphatic carbocycles. The molecule has 0 fully saturated rings. The van der Waals surface area contributed by atoms with Crippen LogP contribution in [0.2, 0.25) is 5.02 Å². The van der Waals surface area contributed by atoms with Gasteiger partial charge in [-0.05, 0) is 30.3 Å². The molecule has 3 heterocycles. The number of nitrogens with one attached hydrogen (secondary N) is 2. The van der Waals surface area contributed by atoms with Gasteiger partial charge in [-0.1, -0.05) is 17.7 Å². The van der Waals surface area contributed by atoms with Crippen molar-refractivity contribution in [2.75, 3.05) is 0 Å². The zero-order valence-corrected chi connectivity index (χ0v) is 13.0. The van der Waals surface area contributed by atoms with E-state index in [4.69, 9.17) is 11.6 Å². The first kappa shape index (κ1) is 14.6. The maximum Gasteiger partial charge on any atom is 0.269 e. The van der Waals surface area contributed by atoms with E-state index >= 15 is 0 Å². The highest BCUT2D eigenvalue weighted by Gasteiger charge is 2.17. The van der Waals surface area contributed by atoms with Crippen LogP contribution in [0.4, 0.5) is 4.39 Å². The van der Waals surface area contributed by atoms with Crippen molar-refractivity contribution in [1.29, 1.82) is 0 Å². The maximum atomic E-state index is 13.3. The fraction of sp³-hybridized carbons (Fsp3) is 0.0625. The lowest BCUT2D eigenvalue weighted by atomic mass is 10.2. The molecule has 4 rings (SSSR count).